The van der Waals surface area contributed by atoms with E-state index in [2.05, 4.69) is 5.32 Å². The number of carbonyl (C=O) groups is 1. The highest BCUT2D eigenvalue weighted by Crippen LogP contribution is 2.23. The molecule has 1 aliphatic heterocycles. The number of halogens is 2. The van der Waals surface area contributed by atoms with E-state index in [1.165, 1.54) is 0 Å². The van der Waals surface area contributed by atoms with Crippen molar-refractivity contribution in [1.29, 1.82) is 0 Å². The third-order valence-electron chi connectivity index (χ3n) is 3.68. The van der Waals surface area contributed by atoms with Gasteiger partial charge in [-0.2, -0.15) is 0 Å². The fraction of sp³-hybridized carbons (Fsp3) is 0.105. The van der Waals surface area contributed by atoms with E-state index in [9.17, 15) is 4.79 Å². The lowest BCUT2D eigenvalue weighted by Gasteiger charge is -2.18. The molecule has 23 heavy (non-hydrogen) atoms. The van der Waals surface area contributed by atoms with Crippen LogP contribution >= 0.6 is 23.2 Å². The third kappa shape index (κ3) is 3.73. The summed E-state index contributed by atoms with van der Waals surface area (Å²) in [5, 5.41) is 4.52. The van der Waals surface area contributed by atoms with Gasteiger partial charge in [0, 0.05) is 34.3 Å². The van der Waals surface area contributed by atoms with Crippen molar-refractivity contribution >= 4 is 41.1 Å². The summed E-state index contributed by atoms with van der Waals surface area (Å²) in [7, 11) is 0. The molecule has 0 amide bonds. The number of carbonyl (C=O) groups excluding carboxylic acids is 1. The van der Waals surface area contributed by atoms with Crippen LogP contribution in [-0.4, -0.2) is 18.9 Å². The molecule has 2 aromatic carbocycles. The summed E-state index contributed by atoms with van der Waals surface area (Å²) in [6.07, 6.45) is 3.69. The molecule has 1 saturated heterocycles. The molecule has 1 heterocycles. The molecule has 3 rings (SSSR count). The van der Waals surface area contributed by atoms with E-state index in [0.29, 0.717) is 34.3 Å². The molecule has 2 nitrogen and oxygen atoms in total. The van der Waals surface area contributed by atoms with Crippen LogP contribution in [0.2, 0.25) is 10.0 Å². The monoisotopic (exact) mass is 343 g/mol. The van der Waals surface area contributed by atoms with Gasteiger partial charge in [0.2, 0.25) is 0 Å². The highest BCUT2D eigenvalue weighted by Gasteiger charge is 2.20. The molecular formula is C19H15Cl2NO. The summed E-state index contributed by atoms with van der Waals surface area (Å²) in [4.78, 5) is 12.7. The van der Waals surface area contributed by atoms with E-state index in [1.807, 2.05) is 60.7 Å². The molecule has 1 aliphatic rings. The number of nitrogens with one attached hydrogen (secondary N) is 1. The van der Waals surface area contributed by atoms with Gasteiger partial charge in [0.05, 0.1) is 0 Å². The largest absolute Gasteiger partial charge is 0.308 e. The zero-order chi connectivity index (χ0) is 16.2. The van der Waals surface area contributed by atoms with Crippen LogP contribution in [0.3, 0.4) is 0 Å². The van der Waals surface area contributed by atoms with Gasteiger partial charge in [0.1, 0.15) is 0 Å². The van der Waals surface area contributed by atoms with Crippen molar-refractivity contribution in [3.05, 3.63) is 80.8 Å². The predicted molar refractivity (Wildman–Crippen MR) is 96.7 cm³/mol. The van der Waals surface area contributed by atoms with Gasteiger partial charge in [-0.15, -0.1) is 0 Å². The van der Waals surface area contributed by atoms with Gasteiger partial charge in [-0.05, 0) is 35.4 Å². The van der Waals surface area contributed by atoms with E-state index < -0.39 is 0 Å². The molecule has 0 atom stereocenters. The normalized spacial score (nSPS) is 18.6. The van der Waals surface area contributed by atoms with E-state index >= 15 is 0 Å². The summed E-state index contributed by atoms with van der Waals surface area (Å²) in [6, 6.07) is 15.0. The van der Waals surface area contributed by atoms with Gasteiger partial charge >= 0.3 is 0 Å². The number of hydrogen-bond acceptors (Lipinski definition) is 2. The van der Waals surface area contributed by atoms with E-state index in [0.717, 1.165) is 11.1 Å². The maximum Gasteiger partial charge on any atom is 0.187 e. The molecule has 0 spiro atoms. The van der Waals surface area contributed by atoms with Crippen molar-refractivity contribution in [2.45, 2.75) is 0 Å². The molecule has 0 radical (unpaired) electrons. The molecule has 4 heteroatoms. The average molecular weight is 344 g/mol. The Hall–Kier alpha value is -1.87. The minimum absolute atomic E-state index is 0.0311. The van der Waals surface area contributed by atoms with Crippen LogP contribution < -0.4 is 5.32 Å². The van der Waals surface area contributed by atoms with Crippen LogP contribution in [0.15, 0.2) is 59.7 Å². The van der Waals surface area contributed by atoms with Gasteiger partial charge in [0.15, 0.2) is 5.78 Å². The minimum Gasteiger partial charge on any atom is -0.308 e. The summed E-state index contributed by atoms with van der Waals surface area (Å²) >= 11 is 12.3. The first-order chi connectivity index (χ1) is 11.1. The minimum atomic E-state index is 0.0311. The van der Waals surface area contributed by atoms with Crippen molar-refractivity contribution in [3.63, 3.8) is 0 Å². The molecule has 116 valence electrons. The molecule has 0 saturated carbocycles. The predicted octanol–water partition coefficient (Wildman–Crippen LogP) is 4.63. The Morgan fingerprint density at radius 3 is 1.65 bits per heavy atom. The van der Waals surface area contributed by atoms with Crippen LogP contribution in [0.4, 0.5) is 0 Å². The maximum absolute atomic E-state index is 12.7. The van der Waals surface area contributed by atoms with Crippen molar-refractivity contribution in [3.8, 4) is 0 Å². The summed E-state index contributed by atoms with van der Waals surface area (Å²) < 4.78 is 0. The Morgan fingerprint density at radius 1 is 0.783 bits per heavy atom. The van der Waals surface area contributed by atoms with Gasteiger partial charge in [-0.1, -0.05) is 59.6 Å². The Kier molecular flexibility index (Phi) is 4.97. The lowest BCUT2D eigenvalue weighted by Crippen LogP contribution is -2.32. The van der Waals surface area contributed by atoms with Crippen LogP contribution in [0.25, 0.3) is 12.2 Å². The standard InChI is InChI=1S/C19H15Cl2NO/c20-17-7-3-1-5-13(17)9-15-11-22-12-16(19(15)23)10-14-6-2-4-8-18(14)21/h1-10,22H,11-12H2/b15-9-,16-10+. The summed E-state index contributed by atoms with van der Waals surface area (Å²) in [6.45, 7) is 1.06. The topological polar surface area (TPSA) is 29.1 Å². The zero-order valence-corrected chi connectivity index (χ0v) is 13.9. The molecule has 0 aliphatic carbocycles. The number of ketones is 1. The van der Waals surface area contributed by atoms with Gasteiger partial charge in [0.25, 0.3) is 0 Å². The Balaban J connectivity index is 1.93. The van der Waals surface area contributed by atoms with Gasteiger partial charge in [-0.3, -0.25) is 4.79 Å². The Bertz CT molecular complexity index is 743. The highest BCUT2D eigenvalue weighted by molar-refractivity contribution is 6.33. The average Bonchev–Trinajstić information content (AvgIpc) is 2.55. The first-order valence-electron chi connectivity index (χ1n) is 7.31. The molecule has 2 aromatic rings. The first-order valence-corrected chi connectivity index (χ1v) is 8.06. The van der Waals surface area contributed by atoms with Crippen molar-refractivity contribution in [2.24, 2.45) is 0 Å². The number of rotatable bonds is 2. The highest BCUT2D eigenvalue weighted by atomic mass is 35.5. The molecule has 0 unspecified atom stereocenters. The van der Waals surface area contributed by atoms with E-state index in [-0.39, 0.29) is 5.78 Å². The molecule has 1 N–H and O–H groups in total. The van der Waals surface area contributed by atoms with Crippen molar-refractivity contribution in [2.75, 3.05) is 13.1 Å². The zero-order valence-electron chi connectivity index (χ0n) is 12.4. The quantitative estimate of drug-likeness (QED) is 0.805. The molecule has 0 aromatic heterocycles. The number of hydrogen-bond donors (Lipinski definition) is 1. The van der Waals surface area contributed by atoms with Crippen molar-refractivity contribution in [1.82, 2.24) is 5.32 Å². The van der Waals surface area contributed by atoms with Gasteiger partial charge in [-0.25, -0.2) is 0 Å². The number of Topliss-reactive ketones (excluding diaryl/α,β-unsaturated/α-hetero) is 1. The third-order valence-corrected chi connectivity index (χ3v) is 4.37. The Labute approximate surface area is 145 Å². The fourth-order valence-electron chi connectivity index (χ4n) is 2.49. The smallest absolute Gasteiger partial charge is 0.187 e. The second-order valence-corrected chi connectivity index (χ2v) is 6.13. The second kappa shape index (κ2) is 7.14. The number of benzene rings is 2. The lowest BCUT2D eigenvalue weighted by atomic mass is 9.95. The van der Waals surface area contributed by atoms with Crippen molar-refractivity contribution < 1.29 is 4.79 Å². The van der Waals surface area contributed by atoms with Crippen LogP contribution in [0, 0.1) is 0 Å². The van der Waals surface area contributed by atoms with Gasteiger partial charge < -0.3 is 5.32 Å². The first kappa shape index (κ1) is 16.0. The molecule has 1 fully saturated rings. The lowest BCUT2D eigenvalue weighted by molar-refractivity contribution is -0.112. The maximum atomic E-state index is 12.7. The van der Waals surface area contributed by atoms with E-state index in [4.69, 9.17) is 23.2 Å². The Morgan fingerprint density at radius 2 is 1.22 bits per heavy atom. The van der Waals surface area contributed by atoms with Crippen LogP contribution in [0.5, 0.6) is 0 Å². The second-order valence-electron chi connectivity index (χ2n) is 5.31. The molecule has 0 bridgehead atoms. The molecular weight excluding hydrogens is 329 g/mol. The van der Waals surface area contributed by atoms with Crippen LogP contribution in [-0.2, 0) is 4.79 Å². The SMILES string of the molecule is O=C1/C(=C\c2ccccc2Cl)CNC/C1=C\c1ccccc1Cl. The number of piperidine rings is 1. The summed E-state index contributed by atoms with van der Waals surface area (Å²) in [5.74, 6) is 0.0311. The van der Waals surface area contributed by atoms with E-state index in [1.54, 1.807) is 0 Å². The summed E-state index contributed by atoms with van der Waals surface area (Å²) in [5.41, 5.74) is 3.09. The van der Waals surface area contributed by atoms with Crippen LogP contribution in [0.1, 0.15) is 11.1 Å². The fourth-order valence-corrected chi connectivity index (χ4v) is 2.87.